The van der Waals surface area contributed by atoms with Crippen molar-refractivity contribution in [1.29, 1.82) is 0 Å². The predicted molar refractivity (Wildman–Crippen MR) is 105 cm³/mol. The summed E-state index contributed by atoms with van der Waals surface area (Å²) in [5.74, 6) is -0.150. The standard InChI is InChI=1S/C22H31NO5/c1-7-26-18(24)22(12-13-22)16-10-8-15(9-11-16)17-14-27-21(5,6)23(17)19(25)28-20(2,3)4/h8-11,17H,7,12-14H2,1-6H3/t17-/m1/s1. The SMILES string of the molecule is CCOC(=O)C1(c2ccc([C@H]3COC(C)(C)N3C(=O)OC(C)(C)C)cc2)CC1. The number of benzene rings is 1. The van der Waals surface area contributed by atoms with Gasteiger partial charge in [-0.1, -0.05) is 24.3 Å². The summed E-state index contributed by atoms with van der Waals surface area (Å²) in [6, 6.07) is 7.65. The molecule has 1 aromatic carbocycles. The number of amides is 1. The average Bonchev–Trinajstić information content (AvgIpc) is 3.33. The summed E-state index contributed by atoms with van der Waals surface area (Å²) in [5, 5.41) is 0. The maximum absolute atomic E-state index is 12.8. The average molecular weight is 389 g/mol. The van der Waals surface area contributed by atoms with Crippen molar-refractivity contribution in [3.05, 3.63) is 35.4 Å². The van der Waals surface area contributed by atoms with E-state index in [1.807, 2.05) is 65.8 Å². The Kier molecular flexibility index (Phi) is 5.21. The zero-order valence-electron chi connectivity index (χ0n) is 17.7. The Balaban J connectivity index is 1.82. The lowest BCUT2D eigenvalue weighted by Crippen LogP contribution is -2.47. The van der Waals surface area contributed by atoms with Crippen LogP contribution in [0.1, 0.15) is 71.6 Å². The highest BCUT2D eigenvalue weighted by molar-refractivity contribution is 5.86. The number of carbonyl (C=O) groups excluding carboxylic acids is 2. The molecule has 1 saturated heterocycles. The molecule has 28 heavy (non-hydrogen) atoms. The largest absolute Gasteiger partial charge is 0.465 e. The number of esters is 1. The summed E-state index contributed by atoms with van der Waals surface area (Å²) in [6.07, 6.45) is 1.23. The highest BCUT2D eigenvalue weighted by atomic mass is 16.6. The van der Waals surface area contributed by atoms with Crippen molar-refractivity contribution in [2.24, 2.45) is 0 Å². The van der Waals surface area contributed by atoms with Crippen LogP contribution < -0.4 is 0 Å². The maximum Gasteiger partial charge on any atom is 0.413 e. The summed E-state index contributed by atoms with van der Waals surface area (Å²) in [6.45, 7) is 11.9. The van der Waals surface area contributed by atoms with Crippen LogP contribution in [0.3, 0.4) is 0 Å². The smallest absolute Gasteiger partial charge is 0.413 e. The first-order valence-electron chi connectivity index (χ1n) is 9.94. The Morgan fingerprint density at radius 3 is 2.29 bits per heavy atom. The second kappa shape index (κ2) is 7.07. The van der Waals surface area contributed by atoms with Crippen molar-refractivity contribution >= 4 is 12.1 Å². The van der Waals surface area contributed by atoms with Crippen molar-refractivity contribution in [2.75, 3.05) is 13.2 Å². The van der Waals surface area contributed by atoms with Crippen LogP contribution in [-0.2, 0) is 24.4 Å². The molecule has 6 heteroatoms. The minimum absolute atomic E-state index is 0.150. The van der Waals surface area contributed by atoms with Gasteiger partial charge in [-0.3, -0.25) is 9.69 Å². The molecule has 0 bridgehead atoms. The molecular formula is C22H31NO5. The Morgan fingerprint density at radius 2 is 1.79 bits per heavy atom. The molecule has 0 spiro atoms. The van der Waals surface area contributed by atoms with Gasteiger partial charge in [0.1, 0.15) is 11.3 Å². The molecule has 1 aromatic rings. The number of rotatable bonds is 4. The Bertz CT molecular complexity index is 743. The van der Waals surface area contributed by atoms with Gasteiger partial charge < -0.3 is 14.2 Å². The Hall–Kier alpha value is -2.08. The van der Waals surface area contributed by atoms with Gasteiger partial charge in [0.25, 0.3) is 0 Å². The van der Waals surface area contributed by atoms with Crippen LogP contribution in [0.2, 0.25) is 0 Å². The van der Waals surface area contributed by atoms with Crippen LogP contribution >= 0.6 is 0 Å². The molecule has 0 N–H and O–H groups in total. The van der Waals surface area contributed by atoms with E-state index >= 15 is 0 Å². The molecule has 154 valence electrons. The fraction of sp³-hybridized carbons (Fsp3) is 0.636. The monoisotopic (exact) mass is 389 g/mol. The van der Waals surface area contributed by atoms with E-state index in [1.165, 1.54) is 0 Å². The second-order valence-corrected chi connectivity index (χ2v) is 9.05. The van der Waals surface area contributed by atoms with Gasteiger partial charge in [-0.15, -0.1) is 0 Å². The van der Waals surface area contributed by atoms with Gasteiger partial charge in [0.15, 0.2) is 0 Å². The molecule has 1 atom stereocenters. The van der Waals surface area contributed by atoms with E-state index in [0.29, 0.717) is 13.2 Å². The predicted octanol–water partition coefficient (Wildman–Crippen LogP) is 4.33. The third-order valence-corrected chi connectivity index (χ3v) is 5.34. The first-order chi connectivity index (χ1) is 13.0. The second-order valence-electron chi connectivity index (χ2n) is 9.05. The van der Waals surface area contributed by atoms with E-state index in [9.17, 15) is 9.59 Å². The van der Waals surface area contributed by atoms with E-state index in [0.717, 1.165) is 24.0 Å². The molecule has 6 nitrogen and oxygen atoms in total. The number of nitrogens with zero attached hydrogens (tertiary/aromatic N) is 1. The van der Waals surface area contributed by atoms with Crippen molar-refractivity contribution in [3.63, 3.8) is 0 Å². The molecule has 1 amide bonds. The minimum Gasteiger partial charge on any atom is -0.465 e. The molecule has 3 rings (SSSR count). The van der Waals surface area contributed by atoms with Gasteiger partial charge in [-0.05, 0) is 65.5 Å². The quantitative estimate of drug-likeness (QED) is 0.717. The van der Waals surface area contributed by atoms with Crippen LogP contribution in [0.5, 0.6) is 0 Å². The van der Waals surface area contributed by atoms with Gasteiger partial charge in [-0.25, -0.2) is 4.79 Å². The van der Waals surface area contributed by atoms with Crippen molar-refractivity contribution in [2.45, 2.75) is 77.2 Å². The van der Waals surface area contributed by atoms with E-state index in [-0.39, 0.29) is 12.0 Å². The third-order valence-electron chi connectivity index (χ3n) is 5.34. The van der Waals surface area contributed by atoms with Gasteiger partial charge in [0.2, 0.25) is 0 Å². The minimum atomic E-state index is -0.756. The summed E-state index contributed by atoms with van der Waals surface area (Å²) >= 11 is 0. The molecule has 2 fully saturated rings. The van der Waals surface area contributed by atoms with Gasteiger partial charge >= 0.3 is 12.1 Å². The third kappa shape index (κ3) is 3.88. The van der Waals surface area contributed by atoms with Crippen LogP contribution in [0.15, 0.2) is 24.3 Å². The van der Waals surface area contributed by atoms with Crippen LogP contribution in [0, 0.1) is 0 Å². The molecule has 2 aliphatic rings. The van der Waals surface area contributed by atoms with E-state index in [4.69, 9.17) is 14.2 Å². The zero-order chi connectivity index (χ0) is 20.7. The lowest BCUT2D eigenvalue weighted by molar-refractivity contribution is -0.146. The molecule has 0 radical (unpaired) electrons. The summed E-state index contributed by atoms with van der Waals surface area (Å²) in [7, 11) is 0. The molecular weight excluding hydrogens is 358 g/mol. The highest BCUT2D eigenvalue weighted by Gasteiger charge is 2.53. The summed E-state index contributed by atoms with van der Waals surface area (Å²) < 4.78 is 16.7. The molecule has 0 aromatic heterocycles. The summed E-state index contributed by atoms with van der Waals surface area (Å²) in [4.78, 5) is 26.8. The number of ether oxygens (including phenoxy) is 3. The van der Waals surface area contributed by atoms with E-state index in [1.54, 1.807) is 4.90 Å². The first-order valence-corrected chi connectivity index (χ1v) is 9.94. The van der Waals surface area contributed by atoms with Crippen molar-refractivity contribution < 1.29 is 23.8 Å². The number of hydrogen-bond acceptors (Lipinski definition) is 5. The molecule has 0 unspecified atom stereocenters. The van der Waals surface area contributed by atoms with E-state index in [2.05, 4.69) is 0 Å². The molecule has 1 aliphatic carbocycles. The van der Waals surface area contributed by atoms with Crippen LogP contribution in [0.4, 0.5) is 4.79 Å². The number of carbonyl (C=O) groups is 2. The van der Waals surface area contributed by atoms with Gasteiger partial charge in [0, 0.05) is 0 Å². The normalized spacial score (nSPS) is 22.6. The number of hydrogen-bond donors (Lipinski definition) is 0. The first kappa shape index (κ1) is 20.6. The van der Waals surface area contributed by atoms with Gasteiger partial charge in [-0.2, -0.15) is 0 Å². The lowest BCUT2D eigenvalue weighted by Gasteiger charge is -2.35. The van der Waals surface area contributed by atoms with E-state index < -0.39 is 22.8 Å². The van der Waals surface area contributed by atoms with Crippen molar-refractivity contribution in [1.82, 2.24) is 4.90 Å². The molecule has 1 aliphatic heterocycles. The highest BCUT2D eigenvalue weighted by Crippen LogP contribution is 2.49. The fourth-order valence-electron chi connectivity index (χ4n) is 3.73. The fourth-order valence-corrected chi connectivity index (χ4v) is 3.73. The van der Waals surface area contributed by atoms with Crippen LogP contribution in [-0.4, -0.2) is 41.5 Å². The maximum atomic E-state index is 12.8. The van der Waals surface area contributed by atoms with Crippen molar-refractivity contribution in [3.8, 4) is 0 Å². The summed E-state index contributed by atoms with van der Waals surface area (Å²) in [5.41, 5.74) is 0.0953. The molecule has 1 saturated carbocycles. The lowest BCUT2D eigenvalue weighted by atomic mass is 9.93. The van der Waals surface area contributed by atoms with Crippen LogP contribution in [0.25, 0.3) is 0 Å². The zero-order valence-corrected chi connectivity index (χ0v) is 17.7. The van der Waals surface area contributed by atoms with Gasteiger partial charge in [0.05, 0.1) is 24.7 Å². The Morgan fingerprint density at radius 1 is 1.18 bits per heavy atom. The molecule has 1 heterocycles. The topological polar surface area (TPSA) is 65.1 Å². The Labute approximate surface area is 167 Å².